The first kappa shape index (κ1) is 9.70. The molecular formula is C7H13BNO3. The summed E-state index contributed by atoms with van der Waals surface area (Å²) in [5, 5.41) is 8.85. The standard InChI is InChI=1S/C7H13BNO3/c10-5-7-4-9(8-6-11)2-1-3-12-7/h6-7,10H,1-5H2. The average Bonchev–Trinajstić information content (AvgIpc) is 2.30. The van der Waals surface area contributed by atoms with Crippen LogP contribution in [0, 0.1) is 0 Å². The van der Waals surface area contributed by atoms with Gasteiger partial charge in [0.1, 0.15) is 0 Å². The summed E-state index contributed by atoms with van der Waals surface area (Å²) in [6.07, 6.45) is 1.52. The van der Waals surface area contributed by atoms with Crippen LogP contribution in [0.15, 0.2) is 0 Å². The SMILES string of the molecule is O=C[B]N1CCCOC(CO)C1. The highest BCUT2D eigenvalue weighted by Gasteiger charge is 2.17. The van der Waals surface area contributed by atoms with Gasteiger partial charge in [-0.05, 0) is 13.0 Å². The summed E-state index contributed by atoms with van der Waals surface area (Å²) in [4.78, 5) is 12.1. The minimum atomic E-state index is -0.149. The van der Waals surface area contributed by atoms with Gasteiger partial charge in [-0.25, -0.2) is 0 Å². The summed E-state index contributed by atoms with van der Waals surface area (Å²) in [7, 11) is 1.50. The van der Waals surface area contributed by atoms with Gasteiger partial charge in [0.15, 0.2) is 0 Å². The number of carbonyl (C=O) groups is 1. The molecule has 1 aliphatic rings. The molecule has 1 heterocycles. The number of aliphatic hydroxyl groups is 1. The van der Waals surface area contributed by atoms with Crippen LogP contribution in [0.5, 0.6) is 0 Å². The largest absolute Gasteiger partial charge is 0.394 e. The van der Waals surface area contributed by atoms with E-state index in [2.05, 4.69) is 0 Å². The molecule has 4 nitrogen and oxygen atoms in total. The molecule has 1 atom stereocenters. The van der Waals surface area contributed by atoms with Crippen LogP contribution >= 0.6 is 0 Å². The van der Waals surface area contributed by atoms with Gasteiger partial charge in [-0.15, -0.1) is 0 Å². The smallest absolute Gasteiger partial charge is 0.293 e. The molecule has 1 fully saturated rings. The van der Waals surface area contributed by atoms with Crippen LogP contribution in [0.2, 0.25) is 0 Å². The highest BCUT2D eigenvalue weighted by Crippen LogP contribution is 2.03. The van der Waals surface area contributed by atoms with Crippen molar-refractivity contribution in [2.45, 2.75) is 12.5 Å². The molecule has 1 unspecified atom stereocenters. The van der Waals surface area contributed by atoms with Crippen molar-refractivity contribution in [2.24, 2.45) is 0 Å². The molecule has 0 saturated carbocycles. The van der Waals surface area contributed by atoms with E-state index in [1.165, 1.54) is 7.41 Å². The number of rotatable bonds is 3. The second-order valence-electron chi connectivity index (χ2n) is 2.81. The van der Waals surface area contributed by atoms with Crippen LogP contribution in [0.3, 0.4) is 0 Å². The number of nitrogens with zero attached hydrogens (tertiary/aromatic N) is 1. The Morgan fingerprint density at radius 1 is 1.75 bits per heavy atom. The van der Waals surface area contributed by atoms with Crippen molar-refractivity contribution in [1.29, 1.82) is 0 Å². The highest BCUT2D eigenvalue weighted by atomic mass is 16.5. The van der Waals surface area contributed by atoms with Gasteiger partial charge in [0.25, 0.3) is 7.41 Å². The van der Waals surface area contributed by atoms with Gasteiger partial charge >= 0.3 is 0 Å². The van der Waals surface area contributed by atoms with Crippen molar-refractivity contribution in [3.8, 4) is 0 Å². The number of carbonyl (C=O) groups excluding carboxylic acids is 1. The first-order chi connectivity index (χ1) is 5.86. The zero-order valence-electron chi connectivity index (χ0n) is 6.98. The molecule has 0 spiro atoms. The van der Waals surface area contributed by atoms with Gasteiger partial charge in [0.2, 0.25) is 0 Å². The number of hydrogen-bond donors (Lipinski definition) is 1. The molecule has 0 aromatic carbocycles. The van der Waals surface area contributed by atoms with E-state index in [9.17, 15) is 4.79 Å². The summed E-state index contributed by atoms with van der Waals surface area (Å²) in [5.41, 5.74) is 0. The molecule has 0 bridgehead atoms. The van der Waals surface area contributed by atoms with Gasteiger partial charge in [-0.2, -0.15) is 0 Å². The Morgan fingerprint density at radius 3 is 3.25 bits per heavy atom. The summed E-state index contributed by atoms with van der Waals surface area (Å²) in [6.45, 7) is 2.11. The fourth-order valence-electron chi connectivity index (χ4n) is 1.26. The van der Waals surface area contributed by atoms with E-state index >= 15 is 0 Å². The maximum Gasteiger partial charge on any atom is 0.293 e. The Labute approximate surface area is 72.8 Å². The van der Waals surface area contributed by atoms with Crippen molar-refractivity contribution in [3.63, 3.8) is 0 Å². The lowest BCUT2D eigenvalue weighted by Crippen LogP contribution is -2.36. The lowest BCUT2D eigenvalue weighted by atomic mass is 9.94. The summed E-state index contributed by atoms with van der Waals surface area (Å²) >= 11 is 0. The molecule has 0 aromatic heterocycles. The lowest BCUT2D eigenvalue weighted by molar-refractivity contribution is 0.0199. The molecule has 0 aromatic rings. The predicted octanol–water partition coefficient (Wildman–Crippen LogP) is -1.12. The van der Waals surface area contributed by atoms with E-state index in [1.807, 2.05) is 4.81 Å². The van der Waals surface area contributed by atoms with Crippen LogP contribution in [0.4, 0.5) is 0 Å². The Bertz CT molecular complexity index is 145. The van der Waals surface area contributed by atoms with Crippen molar-refractivity contribution >= 4 is 13.6 Å². The maximum atomic E-state index is 10.2. The molecule has 1 saturated heterocycles. The van der Waals surface area contributed by atoms with Crippen LogP contribution in [0.25, 0.3) is 0 Å². The quantitative estimate of drug-likeness (QED) is 0.430. The normalized spacial score (nSPS) is 26.2. The van der Waals surface area contributed by atoms with E-state index in [4.69, 9.17) is 9.84 Å². The fourth-order valence-corrected chi connectivity index (χ4v) is 1.26. The van der Waals surface area contributed by atoms with Crippen LogP contribution in [0.1, 0.15) is 6.42 Å². The van der Waals surface area contributed by atoms with Gasteiger partial charge in [-0.3, -0.25) is 0 Å². The first-order valence-corrected chi connectivity index (χ1v) is 4.12. The van der Waals surface area contributed by atoms with Crippen molar-refractivity contribution < 1.29 is 14.6 Å². The molecule has 0 amide bonds. The van der Waals surface area contributed by atoms with Crippen molar-refractivity contribution in [2.75, 3.05) is 26.3 Å². The van der Waals surface area contributed by atoms with Crippen molar-refractivity contribution in [1.82, 2.24) is 4.81 Å². The van der Waals surface area contributed by atoms with Crippen LogP contribution in [-0.4, -0.2) is 55.9 Å². The average molecular weight is 170 g/mol. The molecule has 5 heteroatoms. The number of aliphatic hydroxyl groups excluding tert-OH is 1. The minimum Gasteiger partial charge on any atom is -0.394 e. The maximum absolute atomic E-state index is 10.2. The summed E-state index contributed by atoms with van der Waals surface area (Å²) < 4.78 is 5.30. The topological polar surface area (TPSA) is 49.8 Å². The van der Waals surface area contributed by atoms with Gasteiger partial charge in [0.05, 0.1) is 18.9 Å². The molecule has 1 N–H and O–H groups in total. The highest BCUT2D eigenvalue weighted by molar-refractivity contribution is 6.64. The fraction of sp³-hybridized carbons (Fsp3) is 0.857. The molecule has 1 radical (unpaired) electrons. The van der Waals surface area contributed by atoms with Gasteiger partial charge < -0.3 is 19.4 Å². The van der Waals surface area contributed by atoms with E-state index in [0.29, 0.717) is 13.2 Å². The Kier molecular flexibility index (Phi) is 4.28. The monoisotopic (exact) mass is 170 g/mol. The molecule has 12 heavy (non-hydrogen) atoms. The van der Waals surface area contributed by atoms with Gasteiger partial charge in [-0.1, -0.05) is 0 Å². The van der Waals surface area contributed by atoms with E-state index in [0.717, 1.165) is 19.2 Å². The molecule has 0 aliphatic carbocycles. The Morgan fingerprint density at radius 2 is 2.58 bits per heavy atom. The minimum absolute atomic E-state index is 0.0171. The summed E-state index contributed by atoms with van der Waals surface area (Å²) in [5.74, 6) is 0. The third kappa shape index (κ3) is 2.93. The van der Waals surface area contributed by atoms with E-state index in [1.54, 1.807) is 0 Å². The molecule has 1 aliphatic heterocycles. The Hall–Kier alpha value is -0.385. The predicted molar refractivity (Wildman–Crippen MR) is 45.5 cm³/mol. The zero-order valence-corrected chi connectivity index (χ0v) is 6.98. The van der Waals surface area contributed by atoms with E-state index < -0.39 is 0 Å². The molecule has 1 rings (SSSR count). The first-order valence-electron chi connectivity index (χ1n) is 4.12. The van der Waals surface area contributed by atoms with Crippen LogP contribution < -0.4 is 0 Å². The molecular weight excluding hydrogens is 157 g/mol. The third-order valence-electron chi connectivity index (χ3n) is 1.86. The summed E-state index contributed by atoms with van der Waals surface area (Å²) in [6, 6.07) is 0. The molecule has 67 valence electrons. The number of ether oxygens (including phenoxy) is 1. The third-order valence-corrected chi connectivity index (χ3v) is 1.86. The second kappa shape index (κ2) is 5.29. The Balaban J connectivity index is 2.35. The second-order valence-corrected chi connectivity index (χ2v) is 2.81. The van der Waals surface area contributed by atoms with E-state index in [-0.39, 0.29) is 12.7 Å². The van der Waals surface area contributed by atoms with Crippen LogP contribution in [-0.2, 0) is 9.53 Å². The zero-order chi connectivity index (χ0) is 8.81. The van der Waals surface area contributed by atoms with Crippen molar-refractivity contribution in [3.05, 3.63) is 0 Å². The number of hydrogen-bond acceptors (Lipinski definition) is 4. The van der Waals surface area contributed by atoms with Gasteiger partial charge in [0, 0.05) is 13.2 Å². The lowest BCUT2D eigenvalue weighted by Gasteiger charge is -2.19.